The van der Waals surface area contributed by atoms with Gasteiger partial charge in [-0.1, -0.05) is 54.9 Å². The van der Waals surface area contributed by atoms with Crippen molar-refractivity contribution in [3.8, 4) is 11.5 Å². The van der Waals surface area contributed by atoms with Crippen LogP contribution in [0.5, 0.6) is 11.5 Å². The molecule has 0 aliphatic carbocycles. The molecule has 0 radical (unpaired) electrons. The first-order valence-electron chi connectivity index (χ1n) is 10.1. The minimum atomic E-state index is 0.257. The minimum Gasteiger partial charge on any atom is -0.508 e. The second-order valence-corrected chi connectivity index (χ2v) is 7.87. The number of ether oxygens (including phenoxy) is 1. The second kappa shape index (κ2) is 10.3. The average Bonchev–Trinajstić information content (AvgIpc) is 2.74. The predicted octanol–water partition coefficient (Wildman–Crippen LogP) is 6.36. The number of allylic oxidation sites excluding steroid dienone is 1. The Kier molecular flexibility index (Phi) is 7.56. The molecule has 0 aromatic heterocycles. The number of phenols is 1. The number of hydrogen-bond donors (Lipinski definition) is 1. The molecule has 3 rings (SSSR count). The highest BCUT2D eigenvalue weighted by molar-refractivity contribution is 6.30. The molecule has 30 heavy (non-hydrogen) atoms. The Morgan fingerprint density at radius 3 is 1.90 bits per heavy atom. The first-order chi connectivity index (χ1) is 14.5. The second-order valence-electron chi connectivity index (χ2n) is 7.44. The van der Waals surface area contributed by atoms with E-state index in [-0.39, 0.29) is 5.75 Å². The summed E-state index contributed by atoms with van der Waals surface area (Å²) >= 11 is 6.11. The van der Waals surface area contributed by atoms with Gasteiger partial charge in [0.05, 0.1) is 0 Å². The van der Waals surface area contributed by atoms with Gasteiger partial charge in [-0.05, 0) is 84.8 Å². The van der Waals surface area contributed by atoms with E-state index >= 15 is 0 Å². The van der Waals surface area contributed by atoms with Crippen LogP contribution in [0.3, 0.4) is 0 Å². The molecule has 0 fully saturated rings. The molecule has 156 valence electrons. The normalized spacial score (nSPS) is 12.0. The summed E-state index contributed by atoms with van der Waals surface area (Å²) in [6.07, 6.45) is 0.860. The maximum absolute atomic E-state index is 9.76. The van der Waals surface area contributed by atoms with Gasteiger partial charge in [-0.25, -0.2) is 0 Å². The zero-order chi connectivity index (χ0) is 21.5. The van der Waals surface area contributed by atoms with Crippen molar-refractivity contribution < 1.29 is 9.84 Å². The van der Waals surface area contributed by atoms with E-state index in [1.807, 2.05) is 50.5 Å². The lowest BCUT2D eigenvalue weighted by atomic mass is 9.88. The van der Waals surface area contributed by atoms with Gasteiger partial charge in [0.2, 0.25) is 0 Å². The molecule has 0 aliphatic rings. The van der Waals surface area contributed by atoms with Crippen LogP contribution < -0.4 is 4.74 Å². The summed E-state index contributed by atoms with van der Waals surface area (Å²) in [6.45, 7) is 3.68. The molecule has 0 aliphatic heterocycles. The van der Waals surface area contributed by atoms with Gasteiger partial charge in [0.25, 0.3) is 0 Å². The highest BCUT2D eigenvalue weighted by Crippen LogP contribution is 2.35. The molecule has 0 saturated heterocycles. The number of hydrogen-bond acceptors (Lipinski definition) is 3. The van der Waals surface area contributed by atoms with Crippen LogP contribution in [0, 0.1) is 0 Å². The molecule has 1 N–H and O–H groups in total. The largest absolute Gasteiger partial charge is 0.508 e. The van der Waals surface area contributed by atoms with Gasteiger partial charge in [-0.3, -0.25) is 0 Å². The highest BCUT2D eigenvalue weighted by Gasteiger charge is 2.13. The van der Waals surface area contributed by atoms with Crippen LogP contribution in [0.15, 0.2) is 72.8 Å². The summed E-state index contributed by atoms with van der Waals surface area (Å²) in [5.74, 6) is 1.11. The highest BCUT2D eigenvalue weighted by atomic mass is 35.5. The van der Waals surface area contributed by atoms with E-state index in [0.717, 1.165) is 46.0 Å². The zero-order valence-corrected chi connectivity index (χ0v) is 18.5. The maximum Gasteiger partial charge on any atom is 0.119 e. The lowest BCUT2D eigenvalue weighted by Crippen LogP contribution is -2.19. The van der Waals surface area contributed by atoms with Crippen molar-refractivity contribution in [2.24, 2.45) is 0 Å². The van der Waals surface area contributed by atoms with Gasteiger partial charge >= 0.3 is 0 Å². The topological polar surface area (TPSA) is 32.7 Å². The molecule has 0 amide bonds. The zero-order valence-electron chi connectivity index (χ0n) is 17.7. The Hall–Kier alpha value is -2.75. The summed E-state index contributed by atoms with van der Waals surface area (Å²) in [7, 11) is 4.06. The van der Waals surface area contributed by atoms with Gasteiger partial charge in [-0.2, -0.15) is 0 Å². The molecule has 3 nitrogen and oxygen atoms in total. The summed E-state index contributed by atoms with van der Waals surface area (Å²) < 4.78 is 5.85. The Balaban J connectivity index is 2.03. The van der Waals surface area contributed by atoms with Crippen molar-refractivity contribution in [1.82, 2.24) is 4.90 Å². The van der Waals surface area contributed by atoms with Gasteiger partial charge in [-0.15, -0.1) is 0 Å². The molecule has 0 atom stereocenters. The first-order valence-corrected chi connectivity index (χ1v) is 10.5. The molecule has 3 aromatic carbocycles. The molecule has 0 spiro atoms. The van der Waals surface area contributed by atoms with Crippen LogP contribution in [-0.4, -0.2) is 37.3 Å². The van der Waals surface area contributed by atoms with Crippen molar-refractivity contribution in [2.75, 3.05) is 27.2 Å². The fraction of sp³-hybridized carbons (Fsp3) is 0.231. The van der Waals surface area contributed by atoms with Gasteiger partial charge in [0.1, 0.15) is 18.1 Å². The van der Waals surface area contributed by atoms with Crippen LogP contribution in [0.25, 0.3) is 11.1 Å². The standard InChI is InChI=1S/C26H28ClNO2/c1-4-25(19-5-11-22(27)12-6-19)26(20-7-13-23(29)14-8-20)21-9-15-24(16-10-21)30-18-17-28(2)3/h5-16,29H,4,17-18H2,1-3H3/b26-25-. The first kappa shape index (κ1) is 21.9. The van der Waals surface area contributed by atoms with Crippen LogP contribution in [0.2, 0.25) is 5.02 Å². The third kappa shape index (κ3) is 5.65. The molecule has 4 heteroatoms. The van der Waals surface area contributed by atoms with Crippen LogP contribution in [-0.2, 0) is 0 Å². The summed E-state index contributed by atoms with van der Waals surface area (Å²) in [4.78, 5) is 2.10. The number of halogens is 1. The van der Waals surface area contributed by atoms with Crippen LogP contribution in [0.4, 0.5) is 0 Å². The lowest BCUT2D eigenvalue weighted by molar-refractivity contribution is 0.261. The smallest absolute Gasteiger partial charge is 0.119 e. The number of aromatic hydroxyl groups is 1. The van der Waals surface area contributed by atoms with E-state index in [4.69, 9.17) is 16.3 Å². The van der Waals surface area contributed by atoms with Crippen molar-refractivity contribution in [2.45, 2.75) is 13.3 Å². The third-order valence-corrected chi connectivity index (χ3v) is 5.21. The molecule has 0 saturated carbocycles. The predicted molar refractivity (Wildman–Crippen MR) is 126 cm³/mol. The number of nitrogens with zero attached hydrogens (tertiary/aromatic N) is 1. The molecular formula is C26H28ClNO2. The summed E-state index contributed by atoms with van der Waals surface area (Å²) in [6, 6.07) is 23.5. The molecule has 0 unspecified atom stereocenters. The van der Waals surface area contributed by atoms with Crippen LogP contribution >= 0.6 is 11.6 Å². The minimum absolute atomic E-state index is 0.257. The lowest BCUT2D eigenvalue weighted by Gasteiger charge is -2.17. The Bertz CT molecular complexity index is 975. The van der Waals surface area contributed by atoms with Gasteiger partial charge in [0.15, 0.2) is 0 Å². The summed E-state index contributed by atoms with van der Waals surface area (Å²) in [5.41, 5.74) is 5.66. The number of rotatable bonds is 8. The molecule has 0 bridgehead atoms. The average molecular weight is 422 g/mol. The van der Waals surface area contributed by atoms with Gasteiger partial charge < -0.3 is 14.7 Å². The van der Waals surface area contributed by atoms with Crippen molar-refractivity contribution in [3.63, 3.8) is 0 Å². The fourth-order valence-electron chi connectivity index (χ4n) is 3.38. The number of benzene rings is 3. The van der Waals surface area contributed by atoms with E-state index in [2.05, 4.69) is 36.1 Å². The van der Waals surface area contributed by atoms with Crippen molar-refractivity contribution >= 4 is 22.7 Å². The van der Waals surface area contributed by atoms with Gasteiger partial charge in [0, 0.05) is 11.6 Å². The van der Waals surface area contributed by atoms with Crippen molar-refractivity contribution in [3.05, 3.63) is 94.5 Å². The van der Waals surface area contributed by atoms with E-state index in [1.54, 1.807) is 12.1 Å². The SMILES string of the molecule is CC/C(=C(\c1ccc(O)cc1)c1ccc(OCCN(C)C)cc1)c1ccc(Cl)cc1. The van der Waals surface area contributed by atoms with Crippen molar-refractivity contribution in [1.29, 1.82) is 0 Å². The number of phenolic OH excluding ortho intramolecular Hbond substituents is 1. The third-order valence-electron chi connectivity index (χ3n) is 4.95. The van der Waals surface area contributed by atoms with Crippen LogP contribution in [0.1, 0.15) is 30.0 Å². The Morgan fingerprint density at radius 1 is 0.833 bits per heavy atom. The van der Waals surface area contributed by atoms with E-state index in [9.17, 15) is 5.11 Å². The quantitative estimate of drug-likeness (QED) is 0.430. The Morgan fingerprint density at radius 2 is 1.37 bits per heavy atom. The maximum atomic E-state index is 9.76. The van der Waals surface area contributed by atoms with E-state index in [1.165, 1.54) is 5.57 Å². The Labute approximate surface area is 184 Å². The van der Waals surface area contributed by atoms with E-state index in [0.29, 0.717) is 6.61 Å². The molecule has 0 heterocycles. The molecule has 3 aromatic rings. The monoisotopic (exact) mass is 421 g/mol. The fourth-order valence-corrected chi connectivity index (χ4v) is 3.51. The van der Waals surface area contributed by atoms with E-state index < -0.39 is 0 Å². The molecular weight excluding hydrogens is 394 g/mol. The summed E-state index contributed by atoms with van der Waals surface area (Å²) in [5, 5.41) is 10.5. The number of likely N-dealkylation sites (N-methyl/N-ethyl adjacent to an activating group) is 1.